The smallest absolute Gasteiger partial charge is 0.350 e. The van der Waals surface area contributed by atoms with E-state index in [9.17, 15) is 9.59 Å². The second kappa shape index (κ2) is 6.81. The minimum absolute atomic E-state index is 0.0993. The average Bonchev–Trinajstić information content (AvgIpc) is 3.27. The molecule has 0 aliphatic rings. The number of carbonyl (C=O) groups is 1. The highest BCUT2D eigenvalue weighted by Crippen LogP contribution is 2.28. The number of aryl methyl sites for hydroxylation is 1. The summed E-state index contributed by atoms with van der Waals surface area (Å²) in [5.74, 6) is -0.157. The summed E-state index contributed by atoms with van der Waals surface area (Å²) in [5.41, 5.74) is 1.95. The van der Waals surface area contributed by atoms with E-state index < -0.39 is 5.97 Å². The number of ether oxygens (including phenoxy) is 1. The van der Waals surface area contributed by atoms with Crippen molar-refractivity contribution in [1.29, 1.82) is 0 Å². The minimum atomic E-state index is -0.477. The maximum atomic E-state index is 12.4. The monoisotopic (exact) mass is 383 g/mol. The second-order valence-electron chi connectivity index (χ2n) is 5.52. The zero-order chi connectivity index (χ0) is 18.1. The molecular weight excluding hydrogens is 370 g/mol. The highest BCUT2D eigenvalue weighted by molar-refractivity contribution is 7.17. The summed E-state index contributed by atoms with van der Waals surface area (Å²) < 4.78 is 5.89. The second-order valence-corrected chi connectivity index (χ2v) is 7.44. The maximum Gasteiger partial charge on any atom is 0.350 e. The van der Waals surface area contributed by atoms with E-state index >= 15 is 0 Å². The molecular formula is C18H13N3O3S2. The molecule has 0 atom stereocenters. The van der Waals surface area contributed by atoms with Crippen LogP contribution in [0.3, 0.4) is 0 Å². The number of aromatic nitrogens is 3. The van der Waals surface area contributed by atoms with Gasteiger partial charge in [-0.25, -0.2) is 14.8 Å². The quantitative estimate of drug-likeness (QED) is 0.542. The van der Waals surface area contributed by atoms with Gasteiger partial charge in [0, 0.05) is 5.56 Å². The third-order valence-corrected chi connectivity index (χ3v) is 5.80. The van der Waals surface area contributed by atoms with Gasteiger partial charge in [-0.15, -0.1) is 22.7 Å². The molecule has 0 spiro atoms. The van der Waals surface area contributed by atoms with Crippen molar-refractivity contribution in [2.75, 3.05) is 0 Å². The summed E-state index contributed by atoms with van der Waals surface area (Å²) in [7, 11) is 0. The molecule has 0 amide bonds. The normalized spacial score (nSPS) is 11.0. The molecule has 130 valence electrons. The van der Waals surface area contributed by atoms with Gasteiger partial charge in [-0.1, -0.05) is 30.3 Å². The van der Waals surface area contributed by atoms with Gasteiger partial charge in [-0.3, -0.25) is 4.79 Å². The van der Waals surface area contributed by atoms with Gasteiger partial charge in [0.2, 0.25) is 0 Å². The van der Waals surface area contributed by atoms with Crippen LogP contribution in [0.2, 0.25) is 0 Å². The molecule has 8 heteroatoms. The first kappa shape index (κ1) is 16.6. The third kappa shape index (κ3) is 3.16. The van der Waals surface area contributed by atoms with E-state index in [1.807, 2.05) is 30.3 Å². The van der Waals surface area contributed by atoms with Crippen LogP contribution in [0.4, 0.5) is 0 Å². The number of nitrogens with one attached hydrogen (secondary N) is 1. The van der Waals surface area contributed by atoms with Crippen molar-refractivity contribution in [3.63, 3.8) is 0 Å². The molecule has 4 aromatic rings. The number of hydrogen-bond acceptors (Lipinski definition) is 7. The first-order chi connectivity index (χ1) is 12.6. The molecule has 3 heterocycles. The molecule has 0 bridgehead atoms. The Morgan fingerprint density at radius 3 is 2.81 bits per heavy atom. The Bertz CT molecular complexity index is 1150. The number of thiazole rings is 1. The molecule has 3 aromatic heterocycles. The van der Waals surface area contributed by atoms with Crippen LogP contribution in [0.5, 0.6) is 0 Å². The summed E-state index contributed by atoms with van der Waals surface area (Å²) in [6.45, 7) is 1.68. The van der Waals surface area contributed by atoms with Crippen molar-refractivity contribution in [2.24, 2.45) is 0 Å². The van der Waals surface area contributed by atoms with Crippen molar-refractivity contribution in [2.45, 2.75) is 13.5 Å². The molecule has 0 saturated heterocycles. The number of nitrogens with zero attached hydrogens (tertiary/aromatic N) is 2. The van der Waals surface area contributed by atoms with Crippen LogP contribution in [0.15, 0.2) is 46.6 Å². The molecule has 1 aromatic carbocycles. The van der Waals surface area contributed by atoms with E-state index in [1.54, 1.807) is 18.4 Å². The lowest BCUT2D eigenvalue weighted by Crippen LogP contribution is -2.13. The van der Waals surface area contributed by atoms with Crippen molar-refractivity contribution >= 4 is 38.9 Å². The van der Waals surface area contributed by atoms with Gasteiger partial charge < -0.3 is 9.72 Å². The van der Waals surface area contributed by atoms with Crippen molar-refractivity contribution in [1.82, 2.24) is 15.0 Å². The average molecular weight is 383 g/mol. The number of rotatable bonds is 4. The van der Waals surface area contributed by atoms with Gasteiger partial charge in [-0.2, -0.15) is 0 Å². The molecule has 0 aliphatic carbocycles. The predicted molar refractivity (Wildman–Crippen MR) is 102 cm³/mol. The van der Waals surface area contributed by atoms with Crippen LogP contribution in [-0.2, 0) is 11.3 Å². The van der Waals surface area contributed by atoms with E-state index in [1.165, 1.54) is 22.7 Å². The molecule has 0 saturated carbocycles. The van der Waals surface area contributed by atoms with Crippen molar-refractivity contribution in [3.8, 4) is 10.6 Å². The van der Waals surface area contributed by atoms with E-state index in [0.29, 0.717) is 26.6 Å². The molecule has 0 radical (unpaired) electrons. The van der Waals surface area contributed by atoms with Crippen molar-refractivity contribution < 1.29 is 9.53 Å². The minimum Gasteiger partial charge on any atom is -0.453 e. The molecule has 4 rings (SSSR count). The molecule has 6 nitrogen and oxygen atoms in total. The van der Waals surface area contributed by atoms with Crippen LogP contribution in [0, 0.1) is 6.92 Å². The van der Waals surface area contributed by atoms with Crippen LogP contribution >= 0.6 is 22.7 Å². The summed E-state index contributed by atoms with van der Waals surface area (Å²) in [6, 6.07) is 11.4. The Balaban J connectivity index is 1.53. The van der Waals surface area contributed by atoms with E-state index in [0.717, 1.165) is 10.6 Å². The first-order valence-corrected chi connectivity index (χ1v) is 9.48. The van der Waals surface area contributed by atoms with E-state index in [-0.39, 0.29) is 12.2 Å². The van der Waals surface area contributed by atoms with Gasteiger partial charge in [0.1, 0.15) is 27.0 Å². The predicted octanol–water partition coefficient (Wildman–Crippen LogP) is 3.77. The van der Waals surface area contributed by atoms with Crippen LogP contribution < -0.4 is 5.56 Å². The van der Waals surface area contributed by atoms with Gasteiger partial charge in [-0.05, 0) is 18.4 Å². The lowest BCUT2D eigenvalue weighted by molar-refractivity contribution is 0.0467. The highest BCUT2D eigenvalue weighted by atomic mass is 32.1. The number of esters is 1. The Morgan fingerprint density at radius 2 is 2.00 bits per heavy atom. The summed E-state index contributed by atoms with van der Waals surface area (Å²) in [4.78, 5) is 36.2. The molecule has 0 aliphatic heterocycles. The zero-order valence-electron chi connectivity index (χ0n) is 13.7. The fraction of sp³-hybridized carbons (Fsp3) is 0.111. The molecule has 26 heavy (non-hydrogen) atoms. The first-order valence-electron chi connectivity index (χ1n) is 7.78. The number of aromatic amines is 1. The fourth-order valence-electron chi connectivity index (χ4n) is 2.48. The highest BCUT2D eigenvalue weighted by Gasteiger charge is 2.18. The van der Waals surface area contributed by atoms with Gasteiger partial charge in [0.05, 0.1) is 11.2 Å². The summed E-state index contributed by atoms with van der Waals surface area (Å²) >= 11 is 2.61. The van der Waals surface area contributed by atoms with Crippen molar-refractivity contribution in [3.05, 3.63) is 68.5 Å². The topological polar surface area (TPSA) is 84.9 Å². The largest absolute Gasteiger partial charge is 0.453 e. The number of hydrogen-bond donors (Lipinski definition) is 1. The number of benzene rings is 1. The molecule has 0 unspecified atom stereocenters. The number of fused-ring (bicyclic) bond motifs is 1. The third-order valence-electron chi connectivity index (χ3n) is 3.71. The van der Waals surface area contributed by atoms with E-state index in [2.05, 4.69) is 15.0 Å². The fourth-order valence-corrected chi connectivity index (χ4v) is 4.17. The number of thiophene rings is 1. The summed E-state index contributed by atoms with van der Waals surface area (Å²) in [5, 5.41) is 2.57. The van der Waals surface area contributed by atoms with Crippen LogP contribution in [0.1, 0.15) is 21.2 Å². The van der Waals surface area contributed by atoms with Gasteiger partial charge in [0.15, 0.2) is 0 Å². The lowest BCUT2D eigenvalue weighted by atomic mass is 10.2. The Hall–Kier alpha value is -2.84. The number of H-pyrrole nitrogens is 1. The Labute approximate surface area is 156 Å². The maximum absolute atomic E-state index is 12.4. The molecule has 1 N–H and O–H groups in total. The van der Waals surface area contributed by atoms with E-state index in [4.69, 9.17) is 4.74 Å². The van der Waals surface area contributed by atoms with Gasteiger partial charge >= 0.3 is 5.97 Å². The standard InChI is InChI=1S/C18H13N3O3S2/c1-10-14(26-17(19-10)11-5-3-2-4-6-11)18(23)24-9-13-20-12-7-8-25-15(12)16(22)21-13/h2-8H,9H2,1H3,(H,20,21,22). The van der Waals surface area contributed by atoms with Crippen LogP contribution in [-0.4, -0.2) is 20.9 Å². The lowest BCUT2D eigenvalue weighted by Gasteiger charge is -2.03. The van der Waals surface area contributed by atoms with Crippen LogP contribution in [0.25, 0.3) is 20.8 Å². The SMILES string of the molecule is Cc1nc(-c2ccccc2)sc1C(=O)OCc1nc2ccsc2c(=O)[nH]1. The zero-order valence-corrected chi connectivity index (χ0v) is 15.3. The Morgan fingerprint density at radius 1 is 1.19 bits per heavy atom. The Kier molecular flexibility index (Phi) is 4.36. The molecule has 0 fully saturated rings. The summed E-state index contributed by atoms with van der Waals surface area (Å²) in [6.07, 6.45) is 0. The number of carbonyl (C=O) groups excluding carboxylic acids is 1. The van der Waals surface area contributed by atoms with Gasteiger partial charge in [0.25, 0.3) is 5.56 Å².